The number of fused-ring (bicyclic) bond motifs is 1. The Morgan fingerprint density at radius 1 is 1.40 bits per heavy atom. The van der Waals surface area contributed by atoms with Crippen molar-refractivity contribution in [3.8, 4) is 0 Å². The van der Waals surface area contributed by atoms with Gasteiger partial charge in [0.15, 0.2) is 0 Å². The van der Waals surface area contributed by atoms with Crippen LogP contribution >= 0.6 is 0 Å². The van der Waals surface area contributed by atoms with Gasteiger partial charge in [0.05, 0.1) is 5.69 Å². The summed E-state index contributed by atoms with van der Waals surface area (Å²) >= 11 is 0. The largest absolute Gasteiger partial charge is 0.354 e. The summed E-state index contributed by atoms with van der Waals surface area (Å²) in [7, 11) is 1.62. The molecule has 0 aliphatic rings. The number of hydrogen-bond acceptors (Lipinski definition) is 2. The minimum atomic E-state index is -0.106. The van der Waals surface area contributed by atoms with E-state index in [1.807, 2.05) is 36.6 Å². The predicted molar refractivity (Wildman–Crippen MR) is 58.1 cm³/mol. The highest BCUT2D eigenvalue weighted by Crippen LogP contribution is 2.12. The lowest BCUT2D eigenvalue weighted by Gasteiger charge is -2.01. The maximum atomic E-state index is 11.6. The molecule has 0 fully saturated rings. The van der Waals surface area contributed by atoms with Crippen LogP contribution in [0.1, 0.15) is 21.7 Å². The van der Waals surface area contributed by atoms with Crippen LogP contribution in [-0.4, -0.2) is 22.3 Å². The molecule has 2 aromatic heterocycles. The number of carbonyl (C=O) groups is 1. The van der Waals surface area contributed by atoms with Gasteiger partial charge in [0, 0.05) is 13.2 Å². The smallest absolute Gasteiger partial charge is 0.269 e. The number of nitrogens with one attached hydrogen (secondary N) is 1. The number of nitrogens with zero attached hydrogens (tertiary/aromatic N) is 2. The van der Waals surface area contributed by atoms with Crippen molar-refractivity contribution < 1.29 is 4.79 Å². The van der Waals surface area contributed by atoms with Crippen LogP contribution in [0.15, 0.2) is 18.3 Å². The third-order valence-electron chi connectivity index (χ3n) is 2.38. The maximum absolute atomic E-state index is 11.6. The van der Waals surface area contributed by atoms with Gasteiger partial charge < -0.3 is 5.32 Å². The molecule has 4 heteroatoms. The minimum absolute atomic E-state index is 0.106. The van der Waals surface area contributed by atoms with Crippen LogP contribution in [-0.2, 0) is 0 Å². The molecular formula is C11H13N3O. The summed E-state index contributed by atoms with van der Waals surface area (Å²) < 4.78 is 1.82. The zero-order valence-electron chi connectivity index (χ0n) is 9.03. The number of rotatable bonds is 1. The second-order valence-electron chi connectivity index (χ2n) is 3.56. The fraction of sp³-hybridized carbons (Fsp3) is 0.273. The number of amides is 1. The van der Waals surface area contributed by atoms with Crippen molar-refractivity contribution in [3.63, 3.8) is 0 Å². The number of imidazole rings is 1. The zero-order valence-corrected chi connectivity index (χ0v) is 9.03. The van der Waals surface area contributed by atoms with E-state index in [9.17, 15) is 4.79 Å². The Morgan fingerprint density at radius 2 is 2.13 bits per heavy atom. The quantitative estimate of drug-likeness (QED) is 0.759. The highest BCUT2D eigenvalue weighted by molar-refractivity contribution is 5.94. The van der Waals surface area contributed by atoms with E-state index in [1.165, 1.54) is 0 Å². The van der Waals surface area contributed by atoms with E-state index in [4.69, 9.17) is 0 Å². The molecule has 1 N–H and O–H groups in total. The van der Waals surface area contributed by atoms with Gasteiger partial charge in [0.25, 0.3) is 5.91 Å². The fourth-order valence-electron chi connectivity index (χ4n) is 1.66. The molecule has 0 atom stereocenters. The molecule has 2 aromatic rings. The molecule has 2 heterocycles. The first kappa shape index (κ1) is 9.71. The molecule has 0 aromatic carbocycles. The van der Waals surface area contributed by atoms with E-state index < -0.39 is 0 Å². The Balaban J connectivity index is 2.76. The molecule has 1 amide bonds. The summed E-state index contributed by atoms with van der Waals surface area (Å²) in [6, 6.07) is 3.89. The van der Waals surface area contributed by atoms with Crippen molar-refractivity contribution in [2.45, 2.75) is 13.8 Å². The first-order chi connectivity index (χ1) is 7.13. The lowest BCUT2D eigenvalue weighted by molar-refractivity contribution is 0.0956. The summed E-state index contributed by atoms with van der Waals surface area (Å²) in [6.45, 7) is 3.83. The van der Waals surface area contributed by atoms with E-state index in [0.717, 1.165) is 16.9 Å². The van der Waals surface area contributed by atoms with Gasteiger partial charge in [-0.05, 0) is 25.5 Å². The molecule has 0 unspecified atom stereocenters. The Labute approximate surface area is 87.9 Å². The van der Waals surface area contributed by atoms with Crippen LogP contribution in [0.25, 0.3) is 5.65 Å². The molecule has 0 saturated carbocycles. The van der Waals surface area contributed by atoms with Crippen LogP contribution in [0.4, 0.5) is 0 Å². The summed E-state index contributed by atoms with van der Waals surface area (Å²) in [5.41, 5.74) is 3.26. The van der Waals surface area contributed by atoms with Crippen LogP contribution in [0.3, 0.4) is 0 Å². The van der Waals surface area contributed by atoms with Crippen molar-refractivity contribution in [2.75, 3.05) is 7.05 Å². The molecule has 0 saturated heterocycles. The van der Waals surface area contributed by atoms with E-state index in [-0.39, 0.29) is 5.91 Å². The number of pyridine rings is 1. The lowest BCUT2D eigenvalue weighted by Crippen LogP contribution is -2.20. The van der Waals surface area contributed by atoms with E-state index in [1.54, 1.807) is 7.05 Å². The zero-order chi connectivity index (χ0) is 11.0. The molecule has 4 nitrogen and oxygen atoms in total. The van der Waals surface area contributed by atoms with Crippen molar-refractivity contribution in [1.29, 1.82) is 0 Å². The molecule has 78 valence electrons. The van der Waals surface area contributed by atoms with Gasteiger partial charge >= 0.3 is 0 Å². The van der Waals surface area contributed by atoms with E-state index in [0.29, 0.717) is 5.69 Å². The van der Waals surface area contributed by atoms with Crippen molar-refractivity contribution in [1.82, 2.24) is 14.7 Å². The van der Waals surface area contributed by atoms with Crippen molar-refractivity contribution >= 4 is 11.6 Å². The second-order valence-corrected chi connectivity index (χ2v) is 3.56. The van der Waals surface area contributed by atoms with Gasteiger partial charge in [-0.25, -0.2) is 4.98 Å². The lowest BCUT2D eigenvalue weighted by atomic mass is 10.3. The van der Waals surface area contributed by atoms with Gasteiger partial charge in [-0.1, -0.05) is 6.07 Å². The molecule has 15 heavy (non-hydrogen) atoms. The third-order valence-corrected chi connectivity index (χ3v) is 2.38. The SMILES string of the molecule is CNC(=O)c1c(C)nc2ccc(C)cn12. The van der Waals surface area contributed by atoms with Crippen LogP contribution in [0, 0.1) is 13.8 Å². The van der Waals surface area contributed by atoms with Gasteiger partial charge in [-0.3, -0.25) is 9.20 Å². The standard InChI is InChI=1S/C11H13N3O/c1-7-4-5-9-13-8(2)10(11(15)12-3)14(9)6-7/h4-6H,1-3H3,(H,12,15). The maximum Gasteiger partial charge on any atom is 0.269 e. The summed E-state index contributed by atoms with van der Waals surface area (Å²) in [5, 5.41) is 2.62. The number of carbonyl (C=O) groups excluding carboxylic acids is 1. The average molecular weight is 203 g/mol. The Morgan fingerprint density at radius 3 is 2.80 bits per heavy atom. The minimum Gasteiger partial charge on any atom is -0.354 e. The van der Waals surface area contributed by atoms with Gasteiger partial charge in [-0.15, -0.1) is 0 Å². The highest BCUT2D eigenvalue weighted by atomic mass is 16.1. The molecule has 0 aliphatic carbocycles. The molecule has 0 spiro atoms. The Hall–Kier alpha value is -1.84. The Bertz CT molecular complexity index is 528. The van der Waals surface area contributed by atoms with E-state index >= 15 is 0 Å². The molecule has 2 rings (SSSR count). The molecule has 0 aliphatic heterocycles. The molecular weight excluding hydrogens is 190 g/mol. The number of aryl methyl sites for hydroxylation is 2. The van der Waals surface area contributed by atoms with Crippen LogP contribution in [0.5, 0.6) is 0 Å². The van der Waals surface area contributed by atoms with Crippen LogP contribution < -0.4 is 5.32 Å². The molecule has 0 radical (unpaired) electrons. The Kier molecular flexibility index (Phi) is 2.19. The normalized spacial score (nSPS) is 10.6. The predicted octanol–water partition coefficient (Wildman–Crippen LogP) is 1.31. The highest BCUT2D eigenvalue weighted by Gasteiger charge is 2.14. The monoisotopic (exact) mass is 203 g/mol. The van der Waals surface area contributed by atoms with Gasteiger partial charge in [0.2, 0.25) is 0 Å². The first-order valence-corrected chi connectivity index (χ1v) is 4.81. The third kappa shape index (κ3) is 1.48. The van der Waals surface area contributed by atoms with Gasteiger partial charge in [0.1, 0.15) is 11.3 Å². The van der Waals surface area contributed by atoms with E-state index in [2.05, 4.69) is 10.3 Å². The van der Waals surface area contributed by atoms with Crippen LogP contribution in [0.2, 0.25) is 0 Å². The summed E-state index contributed by atoms with van der Waals surface area (Å²) in [4.78, 5) is 16.0. The summed E-state index contributed by atoms with van der Waals surface area (Å²) in [6.07, 6.45) is 1.92. The summed E-state index contributed by atoms with van der Waals surface area (Å²) in [5.74, 6) is -0.106. The van der Waals surface area contributed by atoms with Crippen molar-refractivity contribution in [3.05, 3.63) is 35.3 Å². The molecule has 0 bridgehead atoms. The number of aromatic nitrogens is 2. The number of hydrogen-bond donors (Lipinski definition) is 1. The van der Waals surface area contributed by atoms with Gasteiger partial charge in [-0.2, -0.15) is 0 Å². The van der Waals surface area contributed by atoms with Crippen molar-refractivity contribution in [2.24, 2.45) is 0 Å². The fourth-order valence-corrected chi connectivity index (χ4v) is 1.66. The topological polar surface area (TPSA) is 46.4 Å². The first-order valence-electron chi connectivity index (χ1n) is 4.81. The average Bonchev–Trinajstić information content (AvgIpc) is 2.52. The second kappa shape index (κ2) is 3.38.